The number of thiol groups is 1. The van der Waals surface area contributed by atoms with Crippen molar-refractivity contribution in [3.05, 3.63) is 29.3 Å². The fourth-order valence-electron chi connectivity index (χ4n) is 2.44. The number of hydrogen-bond acceptors (Lipinski definition) is 3. The molecule has 1 aliphatic rings. The van der Waals surface area contributed by atoms with Crippen LogP contribution in [0.2, 0.25) is 0 Å². The highest BCUT2D eigenvalue weighted by Gasteiger charge is 2.15. The minimum atomic E-state index is 0.941. The lowest BCUT2D eigenvalue weighted by atomic mass is 9.94. The van der Waals surface area contributed by atoms with Crippen LogP contribution in [0.5, 0.6) is 5.75 Å². The number of allylic oxidation sites excluding steroid dienone is 1. The van der Waals surface area contributed by atoms with Crippen LogP contribution in [0.1, 0.15) is 25.3 Å². The second kappa shape index (κ2) is 5.81. The molecule has 1 aliphatic heterocycles. The van der Waals surface area contributed by atoms with Crippen LogP contribution in [-0.4, -0.2) is 32.1 Å². The number of methoxy groups -OCH3 is 1. The maximum atomic E-state index is 5.45. The van der Waals surface area contributed by atoms with Crippen molar-refractivity contribution in [3.63, 3.8) is 0 Å². The molecule has 1 saturated heterocycles. The molecule has 2 nitrogen and oxygen atoms in total. The number of piperidine rings is 1. The fourth-order valence-corrected chi connectivity index (χ4v) is 2.65. The third kappa shape index (κ3) is 2.90. The Balaban J connectivity index is 2.35. The van der Waals surface area contributed by atoms with Gasteiger partial charge in [0.1, 0.15) is 5.75 Å². The molecule has 0 bridgehead atoms. The van der Waals surface area contributed by atoms with Crippen LogP contribution in [-0.2, 0) is 0 Å². The minimum Gasteiger partial charge on any atom is -0.496 e. The summed E-state index contributed by atoms with van der Waals surface area (Å²) in [5.41, 5.74) is 4.09. The second-order valence-electron chi connectivity index (χ2n) is 4.92. The minimum absolute atomic E-state index is 0.941. The molecule has 0 unspecified atom stereocenters. The maximum absolute atomic E-state index is 5.45. The quantitative estimate of drug-likeness (QED) is 0.820. The summed E-state index contributed by atoms with van der Waals surface area (Å²) in [6.07, 6.45) is 2.31. The smallest absolute Gasteiger partial charge is 0.126 e. The van der Waals surface area contributed by atoms with E-state index in [1.54, 1.807) is 12.7 Å². The standard InChI is InChI=1S/C15H21NOS/c1-11(12-6-8-16(2)9-7-12)14-10-13(18)4-5-15(14)17-3/h4-5,10,18H,6-9H2,1-3H3. The molecule has 1 heterocycles. The van der Waals surface area contributed by atoms with Gasteiger partial charge in [-0.15, -0.1) is 12.6 Å². The summed E-state index contributed by atoms with van der Waals surface area (Å²) in [6.45, 7) is 4.50. The largest absolute Gasteiger partial charge is 0.496 e. The van der Waals surface area contributed by atoms with E-state index in [0.717, 1.165) is 36.6 Å². The molecular weight excluding hydrogens is 242 g/mol. The zero-order chi connectivity index (χ0) is 13.1. The van der Waals surface area contributed by atoms with Crippen LogP contribution in [0.15, 0.2) is 28.7 Å². The number of likely N-dealkylation sites (tertiary alicyclic amines) is 1. The Morgan fingerprint density at radius 3 is 2.56 bits per heavy atom. The molecule has 2 rings (SSSR count). The Labute approximate surface area is 115 Å². The van der Waals surface area contributed by atoms with Gasteiger partial charge in [0, 0.05) is 23.5 Å². The summed E-state index contributed by atoms with van der Waals surface area (Å²) in [5, 5.41) is 0. The monoisotopic (exact) mass is 263 g/mol. The highest BCUT2D eigenvalue weighted by atomic mass is 32.1. The third-order valence-corrected chi connectivity index (χ3v) is 3.99. The van der Waals surface area contributed by atoms with Crippen molar-refractivity contribution in [1.82, 2.24) is 4.90 Å². The topological polar surface area (TPSA) is 12.5 Å². The fraction of sp³-hybridized carbons (Fsp3) is 0.467. The zero-order valence-electron chi connectivity index (χ0n) is 11.4. The molecule has 1 aromatic rings. The molecule has 0 atom stereocenters. The molecule has 0 aliphatic carbocycles. The zero-order valence-corrected chi connectivity index (χ0v) is 12.3. The average molecular weight is 263 g/mol. The van der Waals surface area contributed by atoms with E-state index in [2.05, 4.69) is 37.6 Å². The summed E-state index contributed by atoms with van der Waals surface area (Å²) in [6, 6.07) is 6.07. The first kappa shape index (κ1) is 13.5. The van der Waals surface area contributed by atoms with Crippen LogP contribution < -0.4 is 4.74 Å². The van der Waals surface area contributed by atoms with E-state index in [1.807, 2.05) is 12.1 Å². The van der Waals surface area contributed by atoms with Gasteiger partial charge in [0.25, 0.3) is 0 Å². The van der Waals surface area contributed by atoms with Crippen LogP contribution in [0, 0.1) is 0 Å². The van der Waals surface area contributed by atoms with Gasteiger partial charge in [0.05, 0.1) is 7.11 Å². The SMILES string of the molecule is COc1ccc(S)cc1C(C)=C1CCN(C)CC1. The van der Waals surface area contributed by atoms with Crippen molar-refractivity contribution in [3.8, 4) is 5.75 Å². The van der Waals surface area contributed by atoms with Gasteiger partial charge in [-0.1, -0.05) is 5.57 Å². The summed E-state index contributed by atoms with van der Waals surface area (Å²) >= 11 is 4.43. The third-order valence-electron chi connectivity index (χ3n) is 3.71. The Bertz CT molecular complexity index is 458. The van der Waals surface area contributed by atoms with E-state index in [1.165, 1.54) is 11.1 Å². The predicted molar refractivity (Wildman–Crippen MR) is 79.6 cm³/mol. The summed E-state index contributed by atoms with van der Waals surface area (Å²) < 4.78 is 5.45. The van der Waals surface area contributed by atoms with E-state index in [0.29, 0.717) is 0 Å². The predicted octanol–water partition coefficient (Wildman–Crippen LogP) is 3.48. The van der Waals surface area contributed by atoms with E-state index < -0.39 is 0 Å². The Morgan fingerprint density at radius 1 is 1.28 bits per heavy atom. The molecule has 0 aromatic heterocycles. The van der Waals surface area contributed by atoms with E-state index in [9.17, 15) is 0 Å². The van der Waals surface area contributed by atoms with Crippen molar-refractivity contribution < 1.29 is 4.74 Å². The normalized spacial score (nSPS) is 16.8. The van der Waals surface area contributed by atoms with Gasteiger partial charge in [-0.2, -0.15) is 0 Å². The molecule has 0 saturated carbocycles. The molecule has 98 valence electrons. The molecule has 0 spiro atoms. The highest BCUT2D eigenvalue weighted by molar-refractivity contribution is 7.80. The van der Waals surface area contributed by atoms with Gasteiger partial charge < -0.3 is 9.64 Å². The molecular formula is C15H21NOS. The Kier molecular flexibility index (Phi) is 4.36. The lowest BCUT2D eigenvalue weighted by Gasteiger charge is -2.26. The van der Waals surface area contributed by atoms with Crippen molar-refractivity contribution >= 4 is 18.2 Å². The van der Waals surface area contributed by atoms with Crippen molar-refractivity contribution in [2.45, 2.75) is 24.7 Å². The first-order chi connectivity index (χ1) is 8.61. The Hall–Kier alpha value is -0.930. The van der Waals surface area contributed by atoms with Crippen LogP contribution in [0.4, 0.5) is 0 Å². The van der Waals surface area contributed by atoms with Crippen molar-refractivity contribution in [2.75, 3.05) is 27.2 Å². The molecule has 3 heteroatoms. The number of ether oxygens (including phenoxy) is 1. The number of nitrogens with zero attached hydrogens (tertiary/aromatic N) is 1. The van der Waals surface area contributed by atoms with Gasteiger partial charge in [0.2, 0.25) is 0 Å². The Morgan fingerprint density at radius 2 is 1.94 bits per heavy atom. The van der Waals surface area contributed by atoms with E-state index in [-0.39, 0.29) is 0 Å². The molecule has 18 heavy (non-hydrogen) atoms. The van der Waals surface area contributed by atoms with Crippen LogP contribution >= 0.6 is 12.6 Å². The van der Waals surface area contributed by atoms with Gasteiger partial charge in [0.15, 0.2) is 0 Å². The summed E-state index contributed by atoms with van der Waals surface area (Å²) in [4.78, 5) is 3.36. The molecule has 1 fully saturated rings. The van der Waals surface area contributed by atoms with E-state index in [4.69, 9.17) is 4.74 Å². The summed E-state index contributed by atoms with van der Waals surface area (Å²) in [7, 11) is 3.91. The average Bonchev–Trinajstić information content (AvgIpc) is 2.39. The first-order valence-electron chi connectivity index (χ1n) is 6.36. The van der Waals surface area contributed by atoms with Crippen LogP contribution in [0.25, 0.3) is 5.57 Å². The lowest BCUT2D eigenvalue weighted by Crippen LogP contribution is -2.26. The number of hydrogen-bond donors (Lipinski definition) is 1. The maximum Gasteiger partial charge on any atom is 0.126 e. The molecule has 1 aromatic carbocycles. The van der Waals surface area contributed by atoms with Gasteiger partial charge in [-0.3, -0.25) is 0 Å². The van der Waals surface area contributed by atoms with Crippen molar-refractivity contribution in [2.24, 2.45) is 0 Å². The van der Waals surface area contributed by atoms with Gasteiger partial charge in [-0.25, -0.2) is 0 Å². The molecule has 0 radical (unpaired) electrons. The molecule has 0 N–H and O–H groups in total. The number of benzene rings is 1. The van der Waals surface area contributed by atoms with Crippen molar-refractivity contribution in [1.29, 1.82) is 0 Å². The number of rotatable bonds is 2. The summed E-state index contributed by atoms with van der Waals surface area (Å²) in [5.74, 6) is 0.941. The van der Waals surface area contributed by atoms with Crippen LogP contribution in [0.3, 0.4) is 0 Å². The second-order valence-corrected chi connectivity index (χ2v) is 5.43. The molecule has 0 amide bonds. The van der Waals surface area contributed by atoms with Gasteiger partial charge in [-0.05, 0) is 50.6 Å². The lowest BCUT2D eigenvalue weighted by molar-refractivity contribution is 0.313. The highest BCUT2D eigenvalue weighted by Crippen LogP contribution is 2.33. The van der Waals surface area contributed by atoms with Gasteiger partial charge >= 0.3 is 0 Å². The van der Waals surface area contributed by atoms with E-state index >= 15 is 0 Å². The first-order valence-corrected chi connectivity index (χ1v) is 6.81.